The first-order chi connectivity index (χ1) is 9.00. The van der Waals surface area contributed by atoms with Crippen LogP contribution in [-0.4, -0.2) is 56.5 Å². The summed E-state index contributed by atoms with van der Waals surface area (Å²) in [5, 5.41) is 3.62. The summed E-state index contributed by atoms with van der Waals surface area (Å²) in [5.74, 6) is 1.37. The van der Waals surface area contributed by atoms with Crippen LogP contribution in [0, 0.1) is 5.92 Å². The lowest BCUT2D eigenvalue weighted by atomic mass is 10.0. The third kappa shape index (κ3) is 4.43. The van der Waals surface area contributed by atoms with E-state index < -0.39 is 9.84 Å². The van der Waals surface area contributed by atoms with Gasteiger partial charge in [0.1, 0.15) is 0 Å². The summed E-state index contributed by atoms with van der Waals surface area (Å²) >= 11 is 0. The van der Waals surface area contributed by atoms with Crippen molar-refractivity contribution in [2.24, 2.45) is 5.92 Å². The summed E-state index contributed by atoms with van der Waals surface area (Å²) in [6.45, 7) is 7.60. The second kappa shape index (κ2) is 6.55. The van der Waals surface area contributed by atoms with Crippen LogP contribution in [0.3, 0.4) is 0 Å². The lowest BCUT2D eigenvalue weighted by molar-refractivity contribution is 0.145. The molecule has 112 valence electrons. The topological polar surface area (TPSA) is 49.4 Å². The second-order valence-corrected chi connectivity index (χ2v) is 8.54. The van der Waals surface area contributed by atoms with E-state index in [-0.39, 0.29) is 6.04 Å². The molecule has 2 saturated heterocycles. The largest absolute Gasteiger partial charge is 0.314 e. The van der Waals surface area contributed by atoms with Crippen LogP contribution in [0.5, 0.6) is 0 Å². The van der Waals surface area contributed by atoms with E-state index in [0.717, 1.165) is 45.3 Å². The van der Waals surface area contributed by atoms with Gasteiger partial charge < -0.3 is 5.32 Å². The average Bonchev–Trinajstić information content (AvgIpc) is 2.33. The summed E-state index contributed by atoms with van der Waals surface area (Å²) in [6.07, 6.45) is 4.19. The van der Waals surface area contributed by atoms with Crippen molar-refractivity contribution in [3.8, 4) is 0 Å². The van der Waals surface area contributed by atoms with Gasteiger partial charge in [-0.2, -0.15) is 0 Å². The Morgan fingerprint density at radius 1 is 1.32 bits per heavy atom. The molecule has 0 radical (unpaired) electrons. The standard InChI is InChI=1S/C14H28N2O2S/c1-3-13-6-7-16(10-12(2)9-15-13)14-5-4-8-19(17,18)11-14/h12-15H,3-11H2,1-2H3. The lowest BCUT2D eigenvalue weighted by Gasteiger charge is -2.38. The Kier molecular flexibility index (Phi) is 5.26. The third-order valence-electron chi connectivity index (χ3n) is 4.51. The van der Waals surface area contributed by atoms with Gasteiger partial charge >= 0.3 is 0 Å². The maximum absolute atomic E-state index is 11.8. The molecule has 2 fully saturated rings. The van der Waals surface area contributed by atoms with Gasteiger partial charge in [-0.15, -0.1) is 0 Å². The molecule has 2 aliphatic heterocycles. The van der Waals surface area contributed by atoms with E-state index in [9.17, 15) is 8.42 Å². The van der Waals surface area contributed by atoms with Gasteiger partial charge in [0.15, 0.2) is 9.84 Å². The molecule has 0 aromatic heterocycles. The molecule has 3 atom stereocenters. The Bertz CT molecular complexity index is 383. The van der Waals surface area contributed by atoms with Crippen LogP contribution in [0.25, 0.3) is 0 Å². The lowest BCUT2D eigenvalue weighted by Crippen LogP contribution is -2.50. The van der Waals surface area contributed by atoms with Crippen molar-refractivity contribution in [3.63, 3.8) is 0 Å². The maximum Gasteiger partial charge on any atom is 0.151 e. The molecule has 0 bridgehead atoms. The van der Waals surface area contributed by atoms with E-state index in [2.05, 4.69) is 24.1 Å². The Morgan fingerprint density at radius 3 is 2.79 bits per heavy atom. The van der Waals surface area contributed by atoms with Gasteiger partial charge in [-0.1, -0.05) is 13.8 Å². The van der Waals surface area contributed by atoms with Crippen molar-refractivity contribution < 1.29 is 8.42 Å². The molecule has 0 saturated carbocycles. The predicted molar refractivity (Wildman–Crippen MR) is 79.1 cm³/mol. The fourth-order valence-corrected chi connectivity index (χ4v) is 5.05. The average molecular weight is 288 g/mol. The molecule has 4 nitrogen and oxygen atoms in total. The normalized spacial score (nSPS) is 37.5. The summed E-state index contributed by atoms with van der Waals surface area (Å²) in [7, 11) is -2.80. The number of hydrogen-bond donors (Lipinski definition) is 1. The van der Waals surface area contributed by atoms with Crippen molar-refractivity contribution >= 4 is 9.84 Å². The van der Waals surface area contributed by atoms with Gasteiger partial charge in [0, 0.05) is 18.6 Å². The van der Waals surface area contributed by atoms with Crippen LogP contribution < -0.4 is 5.32 Å². The van der Waals surface area contributed by atoms with E-state index in [4.69, 9.17) is 0 Å². The van der Waals surface area contributed by atoms with E-state index in [1.165, 1.54) is 0 Å². The Morgan fingerprint density at radius 2 is 2.11 bits per heavy atom. The zero-order valence-corrected chi connectivity index (χ0v) is 13.1. The molecule has 0 aromatic carbocycles. The molecule has 2 heterocycles. The molecule has 0 aliphatic carbocycles. The highest BCUT2D eigenvalue weighted by atomic mass is 32.2. The quantitative estimate of drug-likeness (QED) is 0.831. The molecule has 3 unspecified atom stereocenters. The van der Waals surface area contributed by atoms with Gasteiger partial charge in [-0.3, -0.25) is 4.90 Å². The fourth-order valence-electron chi connectivity index (χ4n) is 3.31. The number of rotatable bonds is 2. The molecule has 0 spiro atoms. The molecular weight excluding hydrogens is 260 g/mol. The Labute approximate surface area is 117 Å². The number of nitrogens with one attached hydrogen (secondary N) is 1. The summed E-state index contributed by atoms with van der Waals surface area (Å²) < 4.78 is 23.6. The first kappa shape index (κ1) is 15.3. The summed E-state index contributed by atoms with van der Waals surface area (Å²) in [4.78, 5) is 2.45. The van der Waals surface area contributed by atoms with Crippen molar-refractivity contribution in [2.75, 3.05) is 31.1 Å². The monoisotopic (exact) mass is 288 g/mol. The number of nitrogens with zero attached hydrogens (tertiary/aromatic N) is 1. The Balaban J connectivity index is 2.00. The second-order valence-electron chi connectivity index (χ2n) is 6.31. The van der Waals surface area contributed by atoms with E-state index >= 15 is 0 Å². The SMILES string of the molecule is CCC1CCN(C2CCCS(=O)(=O)C2)CC(C)CN1. The van der Waals surface area contributed by atoms with Crippen molar-refractivity contribution in [1.29, 1.82) is 0 Å². The molecule has 5 heteroatoms. The van der Waals surface area contributed by atoms with Crippen LogP contribution >= 0.6 is 0 Å². The highest BCUT2D eigenvalue weighted by molar-refractivity contribution is 7.91. The molecule has 19 heavy (non-hydrogen) atoms. The highest BCUT2D eigenvalue weighted by Gasteiger charge is 2.30. The molecule has 0 amide bonds. The smallest absolute Gasteiger partial charge is 0.151 e. The minimum atomic E-state index is -2.80. The van der Waals surface area contributed by atoms with E-state index in [1.54, 1.807) is 0 Å². The molecule has 2 rings (SSSR count). The van der Waals surface area contributed by atoms with Crippen LogP contribution in [0.4, 0.5) is 0 Å². The molecule has 0 aromatic rings. The number of sulfone groups is 1. The van der Waals surface area contributed by atoms with Crippen LogP contribution in [0.15, 0.2) is 0 Å². The maximum atomic E-state index is 11.8. The Hall–Kier alpha value is -0.130. The van der Waals surface area contributed by atoms with Crippen LogP contribution in [0.2, 0.25) is 0 Å². The van der Waals surface area contributed by atoms with Gasteiger partial charge in [0.25, 0.3) is 0 Å². The van der Waals surface area contributed by atoms with Gasteiger partial charge in [-0.25, -0.2) is 8.42 Å². The van der Waals surface area contributed by atoms with Gasteiger partial charge in [0.05, 0.1) is 11.5 Å². The van der Waals surface area contributed by atoms with E-state index in [1.807, 2.05) is 0 Å². The summed E-state index contributed by atoms with van der Waals surface area (Å²) in [5.41, 5.74) is 0. The zero-order chi connectivity index (χ0) is 13.9. The third-order valence-corrected chi connectivity index (χ3v) is 6.32. The van der Waals surface area contributed by atoms with Crippen molar-refractivity contribution in [1.82, 2.24) is 10.2 Å². The predicted octanol–water partition coefficient (Wildman–Crippen LogP) is 1.27. The first-order valence-electron chi connectivity index (χ1n) is 7.68. The highest BCUT2D eigenvalue weighted by Crippen LogP contribution is 2.20. The minimum absolute atomic E-state index is 0.261. The zero-order valence-electron chi connectivity index (χ0n) is 12.3. The van der Waals surface area contributed by atoms with Gasteiger partial charge in [-0.05, 0) is 44.7 Å². The van der Waals surface area contributed by atoms with Crippen molar-refractivity contribution in [2.45, 2.75) is 51.6 Å². The minimum Gasteiger partial charge on any atom is -0.314 e. The number of hydrogen-bond acceptors (Lipinski definition) is 4. The molecule has 2 aliphatic rings. The van der Waals surface area contributed by atoms with E-state index in [0.29, 0.717) is 23.5 Å². The van der Waals surface area contributed by atoms with Crippen LogP contribution in [0.1, 0.15) is 39.5 Å². The van der Waals surface area contributed by atoms with Crippen molar-refractivity contribution in [3.05, 3.63) is 0 Å². The molecular formula is C14H28N2O2S. The molecule has 1 N–H and O–H groups in total. The van der Waals surface area contributed by atoms with Crippen LogP contribution in [-0.2, 0) is 9.84 Å². The van der Waals surface area contributed by atoms with Gasteiger partial charge in [0.2, 0.25) is 0 Å². The summed E-state index contributed by atoms with van der Waals surface area (Å²) in [6, 6.07) is 0.849. The first-order valence-corrected chi connectivity index (χ1v) is 9.50. The fraction of sp³-hybridized carbons (Fsp3) is 1.00.